The number of carbonyl (C=O) groups excluding carboxylic acids is 1. The number of hydrogen-bond acceptors (Lipinski definition) is 6. The highest BCUT2D eigenvalue weighted by molar-refractivity contribution is 7.15. The first-order valence-corrected chi connectivity index (χ1v) is 9.69. The summed E-state index contributed by atoms with van der Waals surface area (Å²) in [5.41, 5.74) is 6.23. The van der Waals surface area contributed by atoms with Crippen molar-refractivity contribution in [1.29, 1.82) is 0 Å². The fraction of sp³-hybridized carbons (Fsp3) is 0.111. The molecule has 3 aromatic heterocycles. The van der Waals surface area contributed by atoms with Crippen molar-refractivity contribution in [3.8, 4) is 0 Å². The highest BCUT2D eigenvalue weighted by Crippen LogP contribution is 2.22. The highest BCUT2D eigenvalue weighted by atomic mass is 35.5. The Morgan fingerprint density at radius 1 is 1.32 bits per heavy atom. The molecule has 1 aromatic carbocycles. The minimum atomic E-state index is -0.425. The van der Waals surface area contributed by atoms with Gasteiger partial charge in [0.15, 0.2) is 10.1 Å². The standard InChI is InChI=1S/C18H15ClN6O2S/c1-2-24-16(27)11-5-3-4-6-12(11)20-17(24)23-22-14(26)8-7-13-15(19)21-18-25(13)9-10-28-18/h3-10H,2H2,1H3,(H,20,23)(H,22,26)/b8-7+. The molecule has 10 heteroatoms. The number of anilines is 1. The van der Waals surface area contributed by atoms with Gasteiger partial charge in [0.1, 0.15) is 0 Å². The lowest BCUT2D eigenvalue weighted by Gasteiger charge is -2.13. The van der Waals surface area contributed by atoms with E-state index in [-0.39, 0.29) is 11.5 Å². The predicted molar refractivity (Wildman–Crippen MR) is 111 cm³/mol. The summed E-state index contributed by atoms with van der Waals surface area (Å²) in [6, 6.07) is 7.06. The Morgan fingerprint density at radius 3 is 2.96 bits per heavy atom. The van der Waals surface area contributed by atoms with Gasteiger partial charge < -0.3 is 0 Å². The Hall–Kier alpha value is -3.17. The maximum absolute atomic E-state index is 12.6. The van der Waals surface area contributed by atoms with E-state index in [1.54, 1.807) is 34.7 Å². The minimum absolute atomic E-state index is 0.175. The van der Waals surface area contributed by atoms with E-state index in [1.807, 2.05) is 18.5 Å². The maximum Gasteiger partial charge on any atom is 0.262 e. The van der Waals surface area contributed by atoms with Crippen molar-refractivity contribution in [2.75, 3.05) is 5.43 Å². The zero-order valence-electron chi connectivity index (χ0n) is 14.7. The van der Waals surface area contributed by atoms with Gasteiger partial charge in [0.25, 0.3) is 11.5 Å². The first-order valence-electron chi connectivity index (χ1n) is 8.43. The molecule has 0 aliphatic rings. The molecule has 3 heterocycles. The van der Waals surface area contributed by atoms with Crippen LogP contribution in [0, 0.1) is 0 Å². The van der Waals surface area contributed by atoms with Gasteiger partial charge in [-0.05, 0) is 25.1 Å². The highest BCUT2D eigenvalue weighted by Gasteiger charge is 2.11. The van der Waals surface area contributed by atoms with Crippen molar-refractivity contribution >= 4 is 56.7 Å². The van der Waals surface area contributed by atoms with Crippen molar-refractivity contribution < 1.29 is 4.79 Å². The normalized spacial score (nSPS) is 11.5. The van der Waals surface area contributed by atoms with E-state index < -0.39 is 5.91 Å². The monoisotopic (exact) mass is 414 g/mol. The summed E-state index contributed by atoms with van der Waals surface area (Å²) in [5, 5.41) is 2.73. The number of nitrogens with one attached hydrogen (secondary N) is 2. The number of aromatic nitrogens is 4. The van der Waals surface area contributed by atoms with Crippen LogP contribution < -0.4 is 16.4 Å². The molecule has 8 nitrogen and oxygen atoms in total. The Morgan fingerprint density at radius 2 is 2.14 bits per heavy atom. The summed E-state index contributed by atoms with van der Waals surface area (Å²) in [5.74, 6) is -0.165. The third kappa shape index (κ3) is 3.25. The zero-order chi connectivity index (χ0) is 19.7. The summed E-state index contributed by atoms with van der Waals surface area (Å²) >= 11 is 7.56. The second kappa shape index (κ2) is 7.45. The van der Waals surface area contributed by atoms with Gasteiger partial charge in [0.05, 0.1) is 16.6 Å². The molecule has 0 unspecified atom stereocenters. The topological polar surface area (TPSA) is 93.3 Å². The van der Waals surface area contributed by atoms with Crippen LogP contribution in [0.15, 0.2) is 46.7 Å². The molecule has 4 rings (SSSR count). The Bertz CT molecular complexity index is 1270. The number of para-hydroxylation sites is 1. The molecule has 0 aliphatic carbocycles. The average molecular weight is 415 g/mol. The average Bonchev–Trinajstić information content (AvgIpc) is 3.25. The first kappa shape index (κ1) is 18.2. The van der Waals surface area contributed by atoms with Gasteiger partial charge in [-0.1, -0.05) is 23.7 Å². The molecule has 0 aliphatic heterocycles. The number of halogens is 1. The third-order valence-electron chi connectivity index (χ3n) is 4.12. The molecule has 1 amide bonds. The van der Waals surface area contributed by atoms with E-state index in [2.05, 4.69) is 20.8 Å². The van der Waals surface area contributed by atoms with Crippen LogP contribution in [0.5, 0.6) is 0 Å². The minimum Gasteiger partial charge on any atom is -0.289 e. The molecule has 28 heavy (non-hydrogen) atoms. The predicted octanol–water partition coefficient (Wildman–Crippen LogP) is 2.94. The van der Waals surface area contributed by atoms with Crippen LogP contribution in [-0.4, -0.2) is 24.8 Å². The first-order chi connectivity index (χ1) is 13.6. The lowest BCUT2D eigenvalue weighted by molar-refractivity contribution is -0.116. The van der Waals surface area contributed by atoms with Crippen molar-refractivity contribution in [2.24, 2.45) is 0 Å². The molecule has 0 saturated heterocycles. The smallest absolute Gasteiger partial charge is 0.262 e. The second-order valence-corrected chi connectivity index (χ2v) is 7.02. The van der Waals surface area contributed by atoms with Crippen LogP contribution in [0.3, 0.4) is 0 Å². The van der Waals surface area contributed by atoms with Crippen LogP contribution in [0.25, 0.3) is 21.9 Å². The number of benzene rings is 1. The summed E-state index contributed by atoms with van der Waals surface area (Å²) in [7, 11) is 0. The molecule has 0 bridgehead atoms. The van der Waals surface area contributed by atoms with Gasteiger partial charge in [-0.25, -0.2) is 9.97 Å². The number of imidazole rings is 1. The molecule has 142 valence electrons. The van der Waals surface area contributed by atoms with Crippen LogP contribution in [0.2, 0.25) is 5.15 Å². The largest absolute Gasteiger partial charge is 0.289 e. The summed E-state index contributed by atoms with van der Waals surface area (Å²) in [4.78, 5) is 34.1. The lowest BCUT2D eigenvalue weighted by atomic mass is 10.2. The molecule has 0 fully saturated rings. The van der Waals surface area contributed by atoms with Gasteiger partial charge in [0, 0.05) is 24.2 Å². The summed E-state index contributed by atoms with van der Waals surface area (Å²) in [6.45, 7) is 2.24. The fourth-order valence-corrected chi connectivity index (χ4v) is 3.80. The van der Waals surface area contributed by atoms with E-state index in [9.17, 15) is 9.59 Å². The third-order valence-corrected chi connectivity index (χ3v) is 5.16. The summed E-state index contributed by atoms with van der Waals surface area (Å²) < 4.78 is 3.25. The number of nitrogens with zero attached hydrogens (tertiary/aromatic N) is 4. The summed E-state index contributed by atoms with van der Waals surface area (Å²) in [6.07, 6.45) is 4.73. The molecule has 0 saturated carbocycles. The van der Waals surface area contributed by atoms with Gasteiger partial charge in [-0.2, -0.15) is 0 Å². The van der Waals surface area contributed by atoms with Crippen molar-refractivity contribution in [1.82, 2.24) is 24.4 Å². The van der Waals surface area contributed by atoms with Crippen LogP contribution in [0.4, 0.5) is 5.95 Å². The maximum atomic E-state index is 12.6. The number of amides is 1. The number of fused-ring (bicyclic) bond motifs is 2. The van der Waals surface area contributed by atoms with E-state index in [1.165, 1.54) is 22.0 Å². The number of hydrazine groups is 1. The van der Waals surface area contributed by atoms with E-state index in [0.717, 1.165) is 4.96 Å². The molecule has 0 radical (unpaired) electrons. The van der Waals surface area contributed by atoms with Crippen LogP contribution in [0.1, 0.15) is 12.6 Å². The van der Waals surface area contributed by atoms with Crippen molar-refractivity contribution in [3.63, 3.8) is 0 Å². The van der Waals surface area contributed by atoms with Gasteiger partial charge in [-0.3, -0.25) is 29.4 Å². The second-order valence-electron chi connectivity index (χ2n) is 5.79. The molecule has 0 atom stereocenters. The number of carbonyl (C=O) groups is 1. The molecule has 2 N–H and O–H groups in total. The number of rotatable bonds is 5. The van der Waals surface area contributed by atoms with Crippen LogP contribution in [-0.2, 0) is 11.3 Å². The molecule has 4 aromatic rings. The van der Waals surface area contributed by atoms with Gasteiger partial charge in [0.2, 0.25) is 5.95 Å². The Balaban J connectivity index is 1.54. The lowest BCUT2D eigenvalue weighted by Crippen LogP contribution is -2.33. The van der Waals surface area contributed by atoms with Gasteiger partial charge in [-0.15, -0.1) is 11.3 Å². The van der Waals surface area contributed by atoms with Crippen molar-refractivity contribution in [2.45, 2.75) is 13.5 Å². The number of thiazole rings is 1. The molecule has 0 spiro atoms. The van der Waals surface area contributed by atoms with E-state index >= 15 is 0 Å². The zero-order valence-corrected chi connectivity index (χ0v) is 16.3. The van der Waals surface area contributed by atoms with Crippen LogP contribution >= 0.6 is 22.9 Å². The van der Waals surface area contributed by atoms with Crippen molar-refractivity contribution in [3.05, 3.63) is 63.1 Å². The SMILES string of the molecule is CCn1c(NNC(=O)/C=C/c2c(Cl)nc3sccn23)nc2ccccc2c1=O. The van der Waals surface area contributed by atoms with E-state index in [0.29, 0.717) is 28.3 Å². The number of hydrogen-bond donors (Lipinski definition) is 2. The Labute approximate surface area is 168 Å². The Kier molecular flexibility index (Phi) is 4.84. The van der Waals surface area contributed by atoms with E-state index in [4.69, 9.17) is 11.6 Å². The quantitative estimate of drug-likeness (QED) is 0.387. The molecular formula is C18H15ClN6O2S. The molecular weight excluding hydrogens is 400 g/mol. The fourth-order valence-electron chi connectivity index (χ4n) is 2.80. The van der Waals surface area contributed by atoms with Gasteiger partial charge >= 0.3 is 0 Å².